The molecular formula is C15H26N2O4. The first-order valence-corrected chi connectivity index (χ1v) is 7.94. The molecule has 120 valence electrons. The van der Waals surface area contributed by atoms with Crippen molar-refractivity contribution in [1.82, 2.24) is 10.2 Å². The maximum atomic E-state index is 12.0. The first-order valence-electron chi connectivity index (χ1n) is 7.94. The van der Waals surface area contributed by atoms with Gasteiger partial charge in [0.2, 0.25) is 5.91 Å². The largest absolute Gasteiger partial charge is 0.481 e. The second kappa shape index (κ2) is 8.34. The summed E-state index contributed by atoms with van der Waals surface area (Å²) in [4.78, 5) is 24.7. The van der Waals surface area contributed by atoms with E-state index in [0.717, 1.165) is 58.4 Å². The molecule has 1 amide bonds. The second-order valence-electron chi connectivity index (χ2n) is 6.11. The number of likely N-dealkylation sites (tertiary alicyclic amines) is 1. The van der Waals surface area contributed by atoms with Gasteiger partial charge in [0, 0.05) is 25.7 Å². The zero-order valence-corrected chi connectivity index (χ0v) is 12.6. The average Bonchev–Trinajstić information content (AvgIpc) is 2.47. The summed E-state index contributed by atoms with van der Waals surface area (Å²) in [6.45, 7) is 3.72. The fraction of sp³-hybridized carbons (Fsp3) is 0.867. The summed E-state index contributed by atoms with van der Waals surface area (Å²) in [5, 5.41) is 11.8. The number of rotatable bonds is 6. The molecule has 2 fully saturated rings. The zero-order valence-electron chi connectivity index (χ0n) is 12.6. The summed E-state index contributed by atoms with van der Waals surface area (Å²) in [5.74, 6) is -0.116. The van der Waals surface area contributed by atoms with Crippen molar-refractivity contribution in [3.63, 3.8) is 0 Å². The molecule has 6 heteroatoms. The third-order valence-electron chi connectivity index (χ3n) is 4.43. The number of carboxylic acids is 1. The lowest BCUT2D eigenvalue weighted by Gasteiger charge is -2.32. The van der Waals surface area contributed by atoms with Crippen LogP contribution in [0.25, 0.3) is 0 Å². The molecule has 2 aliphatic heterocycles. The molecule has 0 aliphatic carbocycles. The third-order valence-corrected chi connectivity index (χ3v) is 4.43. The normalized spacial score (nSPS) is 22.1. The Morgan fingerprint density at radius 2 is 1.81 bits per heavy atom. The van der Waals surface area contributed by atoms with Crippen molar-refractivity contribution in [3.05, 3.63) is 0 Å². The molecule has 0 radical (unpaired) electrons. The van der Waals surface area contributed by atoms with Gasteiger partial charge < -0.3 is 15.2 Å². The minimum atomic E-state index is -0.715. The molecule has 0 bridgehead atoms. The van der Waals surface area contributed by atoms with Crippen LogP contribution in [0.5, 0.6) is 0 Å². The van der Waals surface area contributed by atoms with E-state index in [1.54, 1.807) is 0 Å². The van der Waals surface area contributed by atoms with Crippen molar-refractivity contribution in [2.75, 3.05) is 32.8 Å². The molecule has 0 atom stereocenters. The number of aliphatic carboxylic acids is 1. The first kappa shape index (κ1) is 16.2. The van der Waals surface area contributed by atoms with Gasteiger partial charge in [0.1, 0.15) is 0 Å². The van der Waals surface area contributed by atoms with Crippen molar-refractivity contribution >= 4 is 11.9 Å². The van der Waals surface area contributed by atoms with Gasteiger partial charge in [-0.15, -0.1) is 0 Å². The van der Waals surface area contributed by atoms with Crippen molar-refractivity contribution in [2.24, 2.45) is 5.92 Å². The smallest absolute Gasteiger partial charge is 0.303 e. The van der Waals surface area contributed by atoms with E-state index in [9.17, 15) is 9.59 Å². The lowest BCUT2D eigenvalue weighted by molar-refractivity contribution is -0.137. The zero-order chi connectivity index (χ0) is 15.1. The monoisotopic (exact) mass is 298 g/mol. The van der Waals surface area contributed by atoms with Crippen LogP contribution in [0.2, 0.25) is 0 Å². The molecule has 21 heavy (non-hydrogen) atoms. The van der Waals surface area contributed by atoms with E-state index < -0.39 is 5.97 Å². The molecule has 2 N–H and O–H groups in total. The van der Waals surface area contributed by atoms with Crippen LogP contribution in [0.1, 0.15) is 38.5 Å². The van der Waals surface area contributed by atoms with Crippen LogP contribution < -0.4 is 5.32 Å². The number of piperidine rings is 1. The Morgan fingerprint density at radius 3 is 2.43 bits per heavy atom. The number of ether oxygens (including phenoxy) is 1. The molecule has 2 rings (SSSR count). The minimum Gasteiger partial charge on any atom is -0.481 e. The van der Waals surface area contributed by atoms with Gasteiger partial charge in [0.25, 0.3) is 0 Å². The standard InChI is InChI=1S/C15H26N2O4/c18-14(16-13-5-9-21-10-6-13)11-17-7-3-12(4-8-17)1-2-15(19)20/h12-13H,1-11H2,(H,16,18)(H,19,20). The van der Waals surface area contributed by atoms with Crippen LogP contribution in [0.15, 0.2) is 0 Å². The highest BCUT2D eigenvalue weighted by Gasteiger charge is 2.22. The van der Waals surface area contributed by atoms with Crippen LogP contribution in [0.4, 0.5) is 0 Å². The van der Waals surface area contributed by atoms with E-state index in [4.69, 9.17) is 9.84 Å². The van der Waals surface area contributed by atoms with Crippen LogP contribution in [0.3, 0.4) is 0 Å². The fourth-order valence-corrected chi connectivity index (χ4v) is 3.08. The number of amides is 1. The molecule has 0 spiro atoms. The number of carbonyl (C=O) groups is 2. The van der Waals surface area contributed by atoms with Gasteiger partial charge in [0.05, 0.1) is 6.54 Å². The van der Waals surface area contributed by atoms with Crippen LogP contribution in [0, 0.1) is 5.92 Å². The lowest BCUT2D eigenvalue weighted by atomic mass is 9.92. The van der Waals surface area contributed by atoms with Gasteiger partial charge in [-0.05, 0) is 51.1 Å². The van der Waals surface area contributed by atoms with Gasteiger partial charge in [-0.3, -0.25) is 14.5 Å². The van der Waals surface area contributed by atoms with Gasteiger partial charge in [0.15, 0.2) is 0 Å². The van der Waals surface area contributed by atoms with Crippen LogP contribution in [-0.2, 0) is 14.3 Å². The van der Waals surface area contributed by atoms with E-state index in [1.165, 1.54) is 0 Å². The second-order valence-corrected chi connectivity index (χ2v) is 6.11. The Hall–Kier alpha value is -1.14. The van der Waals surface area contributed by atoms with E-state index in [0.29, 0.717) is 12.5 Å². The highest BCUT2D eigenvalue weighted by atomic mass is 16.5. The number of hydrogen-bond donors (Lipinski definition) is 2. The lowest BCUT2D eigenvalue weighted by Crippen LogP contribution is -2.46. The number of carbonyl (C=O) groups excluding carboxylic acids is 1. The van der Waals surface area contributed by atoms with E-state index in [-0.39, 0.29) is 18.4 Å². The summed E-state index contributed by atoms with van der Waals surface area (Å²) < 4.78 is 5.28. The molecule has 0 unspecified atom stereocenters. The predicted octanol–water partition coefficient (Wildman–Crippen LogP) is 0.858. The van der Waals surface area contributed by atoms with Crippen LogP contribution >= 0.6 is 0 Å². The quantitative estimate of drug-likeness (QED) is 0.760. The number of carboxylic acid groups (broad SMARTS) is 1. The van der Waals surface area contributed by atoms with Gasteiger partial charge in [-0.2, -0.15) is 0 Å². The minimum absolute atomic E-state index is 0.103. The summed E-state index contributed by atoms with van der Waals surface area (Å²) in [7, 11) is 0. The molecule has 2 heterocycles. The fourth-order valence-electron chi connectivity index (χ4n) is 3.08. The highest BCUT2D eigenvalue weighted by Crippen LogP contribution is 2.21. The van der Waals surface area contributed by atoms with Crippen molar-refractivity contribution in [3.8, 4) is 0 Å². The number of hydrogen-bond acceptors (Lipinski definition) is 4. The predicted molar refractivity (Wildman–Crippen MR) is 78.0 cm³/mol. The van der Waals surface area contributed by atoms with E-state index >= 15 is 0 Å². The van der Waals surface area contributed by atoms with Gasteiger partial charge in [-0.1, -0.05) is 0 Å². The summed E-state index contributed by atoms with van der Waals surface area (Å²) >= 11 is 0. The summed E-state index contributed by atoms with van der Waals surface area (Å²) in [6.07, 6.45) is 4.83. The molecular weight excluding hydrogens is 272 g/mol. The molecule has 0 saturated carbocycles. The maximum Gasteiger partial charge on any atom is 0.303 e. The first-order chi connectivity index (χ1) is 10.1. The van der Waals surface area contributed by atoms with E-state index in [1.807, 2.05) is 0 Å². The highest BCUT2D eigenvalue weighted by molar-refractivity contribution is 5.78. The van der Waals surface area contributed by atoms with Crippen molar-refractivity contribution < 1.29 is 19.4 Å². The van der Waals surface area contributed by atoms with Crippen LogP contribution in [-0.4, -0.2) is 60.8 Å². The number of nitrogens with one attached hydrogen (secondary N) is 1. The topological polar surface area (TPSA) is 78.9 Å². The SMILES string of the molecule is O=C(O)CCC1CCN(CC(=O)NC2CCOCC2)CC1. The van der Waals surface area contributed by atoms with Crippen molar-refractivity contribution in [2.45, 2.75) is 44.6 Å². The Kier molecular flexibility index (Phi) is 6.45. The number of nitrogens with zero attached hydrogens (tertiary/aromatic N) is 1. The molecule has 0 aromatic heterocycles. The van der Waals surface area contributed by atoms with E-state index in [2.05, 4.69) is 10.2 Å². The Morgan fingerprint density at radius 1 is 1.14 bits per heavy atom. The molecule has 2 saturated heterocycles. The Labute approximate surface area is 125 Å². The van der Waals surface area contributed by atoms with Gasteiger partial charge >= 0.3 is 5.97 Å². The van der Waals surface area contributed by atoms with Crippen molar-refractivity contribution in [1.29, 1.82) is 0 Å². The van der Waals surface area contributed by atoms with Gasteiger partial charge in [-0.25, -0.2) is 0 Å². The summed E-state index contributed by atoms with van der Waals surface area (Å²) in [6, 6.07) is 0.263. The summed E-state index contributed by atoms with van der Waals surface area (Å²) in [5.41, 5.74) is 0. The molecule has 0 aromatic rings. The Balaban J connectivity index is 1.61. The molecule has 2 aliphatic rings. The maximum absolute atomic E-state index is 12.0. The average molecular weight is 298 g/mol. The molecule has 0 aromatic carbocycles. The molecule has 6 nitrogen and oxygen atoms in total. The Bertz CT molecular complexity index is 348. The third kappa shape index (κ3) is 6.01.